The number of allylic oxidation sites excluding steroid dienone is 2. The summed E-state index contributed by atoms with van der Waals surface area (Å²) in [6.45, 7) is 2.07. The molecule has 3 aliphatic carbocycles. The summed E-state index contributed by atoms with van der Waals surface area (Å²) in [5.41, 5.74) is 0.0838. The molecule has 0 radical (unpaired) electrons. The summed E-state index contributed by atoms with van der Waals surface area (Å²) in [5, 5.41) is 9.34. The van der Waals surface area contributed by atoms with Gasteiger partial charge in [-0.15, -0.1) is 0 Å². The third-order valence-electron chi connectivity index (χ3n) is 4.69. The number of hydrogen-bond acceptors (Lipinski definition) is 3. The lowest BCUT2D eigenvalue weighted by molar-refractivity contribution is -0.158. The Hall–Kier alpha value is -1.32. The predicted molar refractivity (Wildman–Crippen MR) is 59.0 cm³/mol. The molecule has 4 heteroatoms. The van der Waals surface area contributed by atoms with E-state index in [1.54, 1.807) is 6.92 Å². The number of carboxylic acid groups (broad SMARTS) is 1. The van der Waals surface area contributed by atoms with Crippen molar-refractivity contribution in [2.45, 2.75) is 19.8 Å². The predicted octanol–water partition coefficient (Wildman–Crippen LogP) is 1.46. The Morgan fingerprint density at radius 1 is 1.29 bits per heavy atom. The second kappa shape index (κ2) is 3.34. The van der Waals surface area contributed by atoms with Crippen molar-refractivity contribution in [1.29, 1.82) is 0 Å². The van der Waals surface area contributed by atoms with Gasteiger partial charge < -0.3 is 9.84 Å². The second-order valence-corrected chi connectivity index (χ2v) is 5.31. The first kappa shape index (κ1) is 10.8. The van der Waals surface area contributed by atoms with Crippen molar-refractivity contribution in [2.24, 2.45) is 29.1 Å². The van der Waals surface area contributed by atoms with Crippen LogP contribution in [0.15, 0.2) is 12.2 Å². The van der Waals surface area contributed by atoms with E-state index in [1.165, 1.54) is 0 Å². The van der Waals surface area contributed by atoms with Gasteiger partial charge in [-0.3, -0.25) is 9.59 Å². The van der Waals surface area contributed by atoms with Crippen molar-refractivity contribution in [1.82, 2.24) is 0 Å². The van der Waals surface area contributed by atoms with Gasteiger partial charge in [0.15, 0.2) is 0 Å². The van der Waals surface area contributed by atoms with Crippen LogP contribution < -0.4 is 0 Å². The lowest BCUT2D eigenvalue weighted by Crippen LogP contribution is -2.34. The maximum absolute atomic E-state index is 11.9. The quantitative estimate of drug-likeness (QED) is 0.595. The second-order valence-electron chi connectivity index (χ2n) is 5.31. The van der Waals surface area contributed by atoms with Crippen LogP contribution in [0.3, 0.4) is 0 Å². The zero-order valence-corrected chi connectivity index (χ0v) is 9.76. The molecule has 3 aliphatic rings. The van der Waals surface area contributed by atoms with Crippen LogP contribution in [-0.4, -0.2) is 23.7 Å². The summed E-state index contributed by atoms with van der Waals surface area (Å²) < 4.78 is 5.04. The van der Waals surface area contributed by atoms with E-state index in [0.717, 1.165) is 12.8 Å². The van der Waals surface area contributed by atoms with Crippen LogP contribution in [-0.2, 0) is 14.3 Å². The standard InChI is InChI=1S/C13H16O4/c1-2-17-12(16)10-8-4-3-7(9(10)11(14)15)13(8)5-6-13/h3-4,7-10H,2,5-6H2,1H3,(H,14,15)/t7-,8+,9+,10+/m0/s1. The van der Waals surface area contributed by atoms with Crippen LogP contribution in [0.25, 0.3) is 0 Å². The molecule has 0 heterocycles. The van der Waals surface area contributed by atoms with E-state index in [0.29, 0.717) is 6.61 Å². The van der Waals surface area contributed by atoms with Gasteiger partial charge in [-0.25, -0.2) is 0 Å². The minimum absolute atomic E-state index is 0.0411. The van der Waals surface area contributed by atoms with Crippen molar-refractivity contribution in [3.05, 3.63) is 12.2 Å². The first-order valence-corrected chi connectivity index (χ1v) is 6.19. The van der Waals surface area contributed by atoms with Crippen LogP contribution in [0.5, 0.6) is 0 Å². The lowest BCUT2D eigenvalue weighted by atomic mass is 9.83. The number of aliphatic carboxylic acids is 1. The van der Waals surface area contributed by atoms with Gasteiger partial charge in [-0.05, 0) is 37.0 Å². The molecule has 0 saturated heterocycles. The first-order valence-electron chi connectivity index (χ1n) is 6.19. The fourth-order valence-electron chi connectivity index (χ4n) is 3.90. The third kappa shape index (κ3) is 1.24. The van der Waals surface area contributed by atoms with Gasteiger partial charge in [-0.2, -0.15) is 0 Å². The molecule has 0 unspecified atom stereocenters. The molecule has 0 aromatic rings. The van der Waals surface area contributed by atoms with Gasteiger partial charge in [-0.1, -0.05) is 12.2 Å². The average Bonchev–Trinajstić information content (AvgIpc) is 2.94. The Morgan fingerprint density at radius 3 is 2.35 bits per heavy atom. The van der Waals surface area contributed by atoms with E-state index in [-0.39, 0.29) is 23.2 Å². The molecule has 1 N–H and O–H groups in total. The lowest BCUT2D eigenvalue weighted by Gasteiger charge is -2.22. The Bertz CT molecular complexity index is 408. The molecule has 1 spiro atoms. The minimum Gasteiger partial charge on any atom is -0.481 e. The fourth-order valence-corrected chi connectivity index (χ4v) is 3.90. The SMILES string of the molecule is CCOC(=O)[C@H]1[C@H](C(=O)O)[C@@H]2C=C[C@H]1C21CC1. The molecule has 0 aromatic heterocycles. The Morgan fingerprint density at radius 2 is 1.88 bits per heavy atom. The van der Waals surface area contributed by atoms with Gasteiger partial charge in [0.1, 0.15) is 0 Å². The van der Waals surface area contributed by atoms with E-state index in [2.05, 4.69) is 0 Å². The Kier molecular flexibility index (Phi) is 2.12. The molecular weight excluding hydrogens is 220 g/mol. The highest BCUT2D eigenvalue weighted by molar-refractivity contribution is 5.84. The van der Waals surface area contributed by atoms with Gasteiger partial charge >= 0.3 is 11.9 Å². The maximum atomic E-state index is 11.9. The number of esters is 1. The van der Waals surface area contributed by atoms with Gasteiger partial charge in [0.2, 0.25) is 0 Å². The smallest absolute Gasteiger partial charge is 0.310 e. The number of ether oxygens (including phenoxy) is 1. The third-order valence-corrected chi connectivity index (χ3v) is 4.69. The van der Waals surface area contributed by atoms with E-state index < -0.39 is 17.8 Å². The van der Waals surface area contributed by atoms with Gasteiger partial charge in [0.25, 0.3) is 0 Å². The molecular formula is C13H16O4. The Labute approximate surface area is 99.6 Å². The summed E-state index contributed by atoms with van der Waals surface area (Å²) >= 11 is 0. The van der Waals surface area contributed by atoms with Gasteiger partial charge in [0, 0.05) is 0 Å². The summed E-state index contributed by atoms with van der Waals surface area (Å²) in [5.74, 6) is -2.10. The molecule has 2 bridgehead atoms. The average molecular weight is 236 g/mol. The summed E-state index contributed by atoms with van der Waals surface area (Å²) in [6, 6.07) is 0. The van der Waals surface area contributed by atoms with Crippen LogP contribution in [0.1, 0.15) is 19.8 Å². The van der Waals surface area contributed by atoms with E-state index in [9.17, 15) is 14.7 Å². The van der Waals surface area contributed by atoms with Crippen LogP contribution >= 0.6 is 0 Å². The van der Waals surface area contributed by atoms with E-state index in [4.69, 9.17) is 4.74 Å². The largest absolute Gasteiger partial charge is 0.481 e. The van der Waals surface area contributed by atoms with E-state index >= 15 is 0 Å². The monoisotopic (exact) mass is 236 g/mol. The number of hydrogen-bond donors (Lipinski definition) is 1. The molecule has 2 saturated carbocycles. The maximum Gasteiger partial charge on any atom is 0.310 e. The summed E-state index contributed by atoms with van der Waals surface area (Å²) in [6.07, 6.45) is 6.15. The first-order chi connectivity index (χ1) is 8.12. The molecule has 17 heavy (non-hydrogen) atoms. The molecule has 3 rings (SSSR count). The van der Waals surface area contributed by atoms with Crippen LogP contribution in [0.4, 0.5) is 0 Å². The van der Waals surface area contributed by atoms with Crippen molar-refractivity contribution >= 4 is 11.9 Å². The number of carbonyl (C=O) groups excluding carboxylic acids is 1. The zero-order chi connectivity index (χ0) is 12.2. The molecule has 4 nitrogen and oxygen atoms in total. The van der Waals surface area contributed by atoms with Crippen LogP contribution in [0.2, 0.25) is 0 Å². The molecule has 4 atom stereocenters. The normalized spacial score (nSPS) is 39.6. The highest BCUT2D eigenvalue weighted by Gasteiger charge is 2.70. The van der Waals surface area contributed by atoms with Crippen molar-refractivity contribution in [3.63, 3.8) is 0 Å². The zero-order valence-electron chi connectivity index (χ0n) is 9.76. The van der Waals surface area contributed by atoms with Crippen LogP contribution in [0, 0.1) is 29.1 Å². The topological polar surface area (TPSA) is 63.6 Å². The molecule has 0 amide bonds. The minimum atomic E-state index is -0.855. The number of carbonyl (C=O) groups is 2. The highest BCUT2D eigenvalue weighted by Crippen LogP contribution is 2.72. The number of carboxylic acids is 1. The highest BCUT2D eigenvalue weighted by atomic mass is 16.5. The van der Waals surface area contributed by atoms with Gasteiger partial charge in [0.05, 0.1) is 18.4 Å². The molecule has 92 valence electrons. The van der Waals surface area contributed by atoms with Crippen molar-refractivity contribution in [2.75, 3.05) is 6.61 Å². The van der Waals surface area contributed by atoms with Crippen molar-refractivity contribution in [3.8, 4) is 0 Å². The van der Waals surface area contributed by atoms with Crippen molar-refractivity contribution < 1.29 is 19.4 Å². The Balaban J connectivity index is 1.94. The number of rotatable bonds is 3. The summed E-state index contributed by atoms with van der Waals surface area (Å²) in [4.78, 5) is 23.3. The molecule has 2 fully saturated rings. The fraction of sp³-hybridized carbons (Fsp3) is 0.692. The summed E-state index contributed by atoms with van der Waals surface area (Å²) in [7, 11) is 0. The van der Waals surface area contributed by atoms with E-state index in [1.807, 2.05) is 12.2 Å². The molecule has 0 aromatic carbocycles. The molecule has 0 aliphatic heterocycles.